The molecule has 1 amide bonds. The fourth-order valence-corrected chi connectivity index (χ4v) is 2.11. The number of halogens is 1. The standard InChI is InChI=1S/C15H24ClN3O2/c1-5-6-17-14-13(16)9-12(10-18-14)15(20)19(11(2)3)7-8-21-4/h9-11H,5-8H2,1-4H3,(H,17,18). The number of nitrogens with zero attached hydrogens (tertiary/aromatic N) is 2. The summed E-state index contributed by atoms with van der Waals surface area (Å²) in [6, 6.07) is 1.75. The fraction of sp³-hybridized carbons (Fsp3) is 0.600. The van der Waals surface area contributed by atoms with Crippen LogP contribution in [-0.2, 0) is 4.74 Å². The van der Waals surface area contributed by atoms with E-state index in [0.717, 1.165) is 13.0 Å². The number of rotatable bonds is 8. The number of hydrogen-bond acceptors (Lipinski definition) is 4. The molecule has 0 saturated heterocycles. The van der Waals surface area contributed by atoms with E-state index in [0.29, 0.717) is 29.6 Å². The average Bonchev–Trinajstić information content (AvgIpc) is 2.45. The van der Waals surface area contributed by atoms with Crippen molar-refractivity contribution in [3.05, 3.63) is 22.8 Å². The van der Waals surface area contributed by atoms with Gasteiger partial charge >= 0.3 is 0 Å². The van der Waals surface area contributed by atoms with Gasteiger partial charge in [-0.2, -0.15) is 0 Å². The summed E-state index contributed by atoms with van der Waals surface area (Å²) in [7, 11) is 1.62. The van der Waals surface area contributed by atoms with E-state index in [2.05, 4.69) is 17.2 Å². The number of aromatic nitrogens is 1. The molecule has 0 aliphatic carbocycles. The Morgan fingerprint density at radius 3 is 2.76 bits per heavy atom. The maximum atomic E-state index is 12.5. The highest BCUT2D eigenvalue weighted by Crippen LogP contribution is 2.21. The van der Waals surface area contributed by atoms with Crippen LogP contribution in [0.4, 0.5) is 5.82 Å². The number of nitrogens with one attached hydrogen (secondary N) is 1. The minimum atomic E-state index is -0.0847. The SMILES string of the molecule is CCCNc1ncc(C(=O)N(CCOC)C(C)C)cc1Cl. The highest BCUT2D eigenvalue weighted by Gasteiger charge is 2.19. The summed E-state index contributed by atoms with van der Waals surface area (Å²) < 4.78 is 5.05. The maximum absolute atomic E-state index is 12.5. The number of anilines is 1. The van der Waals surface area contributed by atoms with Gasteiger partial charge in [0.2, 0.25) is 0 Å². The lowest BCUT2D eigenvalue weighted by Crippen LogP contribution is -2.39. The molecule has 0 aliphatic heterocycles. The van der Waals surface area contributed by atoms with E-state index in [9.17, 15) is 4.79 Å². The average molecular weight is 314 g/mol. The molecule has 0 saturated carbocycles. The smallest absolute Gasteiger partial charge is 0.255 e. The topological polar surface area (TPSA) is 54.5 Å². The van der Waals surface area contributed by atoms with Crippen molar-refractivity contribution in [2.75, 3.05) is 32.1 Å². The van der Waals surface area contributed by atoms with Crippen molar-refractivity contribution in [2.45, 2.75) is 33.2 Å². The molecule has 5 nitrogen and oxygen atoms in total. The second-order valence-electron chi connectivity index (χ2n) is 5.07. The Labute approximate surface area is 131 Å². The predicted molar refractivity (Wildman–Crippen MR) is 86.1 cm³/mol. The molecule has 0 unspecified atom stereocenters. The summed E-state index contributed by atoms with van der Waals surface area (Å²) >= 11 is 6.18. The fourth-order valence-electron chi connectivity index (χ4n) is 1.88. The Morgan fingerprint density at radius 2 is 2.24 bits per heavy atom. The van der Waals surface area contributed by atoms with Gasteiger partial charge in [-0.1, -0.05) is 18.5 Å². The molecule has 1 aromatic heterocycles. The van der Waals surface area contributed by atoms with E-state index in [4.69, 9.17) is 16.3 Å². The zero-order valence-electron chi connectivity index (χ0n) is 13.1. The molecular weight excluding hydrogens is 290 g/mol. The molecule has 0 bridgehead atoms. The van der Waals surface area contributed by atoms with Crippen molar-refractivity contribution in [2.24, 2.45) is 0 Å². The summed E-state index contributed by atoms with van der Waals surface area (Å²) in [5, 5.41) is 3.59. The molecule has 118 valence electrons. The number of carbonyl (C=O) groups is 1. The molecule has 1 N–H and O–H groups in total. The monoisotopic (exact) mass is 313 g/mol. The number of ether oxygens (including phenoxy) is 1. The third kappa shape index (κ3) is 5.17. The maximum Gasteiger partial charge on any atom is 0.255 e. The van der Waals surface area contributed by atoms with Crippen LogP contribution in [0.3, 0.4) is 0 Å². The van der Waals surface area contributed by atoms with Gasteiger partial charge in [-0.05, 0) is 26.3 Å². The van der Waals surface area contributed by atoms with Gasteiger partial charge in [0.25, 0.3) is 5.91 Å². The number of pyridine rings is 1. The zero-order valence-corrected chi connectivity index (χ0v) is 13.9. The van der Waals surface area contributed by atoms with Crippen molar-refractivity contribution in [3.63, 3.8) is 0 Å². The Hall–Kier alpha value is -1.33. The molecule has 0 fully saturated rings. The van der Waals surface area contributed by atoms with Crippen molar-refractivity contribution in [1.82, 2.24) is 9.88 Å². The summed E-state index contributed by atoms with van der Waals surface area (Å²) in [6.45, 7) is 7.85. The predicted octanol–water partition coefficient (Wildman–Crippen LogP) is 3.05. The molecule has 0 aromatic carbocycles. The van der Waals surface area contributed by atoms with E-state index in [-0.39, 0.29) is 11.9 Å². The van der Waals surface area contributed by atoms with E-state index < -0.39 is 0 Å². The van der Waals surface area contributed by atoms with Crippen LogP contribution in [0.15, 0.2) is 12.3 Å². The van der Waals surface area contributed by atoms with Gasteiger partial charge in [0.15, 0.2) is 0 Å². The van der Waals surface area contributed by atoms with Gasteiger partial charge in [-0.25, -0.2) is 4.98 Å². The third-order valence-corrected chi connectivity index (χ3v) is 3.34. The van der Waals surface area contributed by atoms with E-state index in [1.807, 2.05) is 13.8 Å². The summed E-state index contributed by atoms with van der Waals surface area (Å²) in [6.07, 6.45) is 2.55. The Kier molecular flexibility index (Phi) is 7.47. The first-order valence-electron chi connectivity index (χ1n) is 7.20. The zero-order chi connectivity index (χ0) is 15.8. The van der Waals surface area contributed by atoms with Gasteiger partial charge < -0.3 is 15.0 Å². The molecule has 0 radical (unpaired) electrons. The second-order valence-corrected chi connectivity index (χ2v) is 5.47. The van der Waals surface area contributed by atoms with E-state index in [1.165, 1.54) is 0 Å². The van der Waals surface area contributed by atoms with Crippen molar-refractivity contribution in [1.29, 1.82) is 0 Å². The van der Waals surface area contributed by atoms with Crippen LogP contribution in [0.2, 0.25) is 5.02 Å². The van der Waals surface area contributed by atoms with Crippen LogP contribution in [0.5, 0.6) is 0 Å². The van der Waals surface area contributed by atoms with Crippen LogP contribution in [-0.4, -0.2) is 48.6 Å². The second kappa shape index (κ2) is 8.85. The summed E-state index contributed by atoms with van der Waals surface area (Å²) in [5.74, 6) is 0.529. The summed E-state index contributed by atoms with van der Waals surface area (Å²) in [5.41, 5.74) is 0.492. The van der Waals surface area contributed by atoms with Crippen molar-refractivity contribution < 1.29 is 9.53 Å². The van der Waals surface area contributed by atoms with Crippen LogP contribution < -0.4 is 5.32 Å². The molecule has 0 spiro atoms. The normalized spacial score (nSPS) is 10.8. The third-order valence-electron chi connectivity index (χ3n) is 3.05. The Bertz CT molecular complexity index is 466. The largest absolute Gasteiger partial charge is 0.383 e. The lowest BCUT2D eigenvalue weighted by atomic mass is 10.2. The molecule has 0 aliphatic rings. The number of hydrogen-bond donors (Lipinski definition) is 1. The molecule has 21 heavy (non-hydrogen) atoms. The minimum absolute atomic E-state index is 0.0847. The van der Waals surface area contributed by atoms with Gasteiger partial charge in [-0.15, -0.1) is 0 Å². The van der Waals surface area contributed by atoms with Crippen LogP contribution >= 0.6 is 11.6 Å². The van der Waals surface area contributed by atoms with Crippen molar-refractivity contribution >= 4 is 23.3 Å². The van der Waals surface area contributed by atoms with Crippen LogP contribution in [0.25, 0.3) is 0 Å². The summed E-state index contributed by atoms with van der Waals surface area (Å²) in [4.78, 5) is 18.5. The Morgan fingerprint density at radius 1 is 1.52 bits per heavy atom. The van der Waals surface area contributed by atoms with Gasteiger partial charge in [0.1, 0.15) is 5.82 Å². The molecule has 0 atom stereocenters. The highest BCUT2D eigenvalue weighted by atomic mass is 35.5. The van der Waals surface area contributed by atoms with E-state index >= 15 is 0 Å². The van der Waals surface area contributed by atoms with Gasteiger partial charge in [0.05, 0.1) is 17.2 Å². The molecule has 1 rings (SSSR count). The number of methoxy groups -OCH3 is 1. The van der Waals surface area contributed by atoms with Crippen LogP contribution in [0, 0.1) is 0 Å². The first kappa shape index (κ1) is 17.7. The highest BCUT2D eigenvalue weighted by molar-refractivity contribution is 6.33. The number of amides is 1. The number of carbonyl (C=O) groups excluding carboxylic acids is 1. The lowest BCUT2D eigenvalue weighted by molar-refractivity contribution is 0.0634. The molecular formula is C15H24ClN3O2. The first-order valence-corrected chi connectivity index (χ1v) is 7.58. The van der Waals surface area contributed by atoms with Crippen LogP contribution in [0.1, 0.15) is 37.6 Å². The van der Waals surface area contributed by atoms with Gasteiger partial charge in [0, 0.05) is 32.4 Å². The lowest BCUT2D eigenvalue weighted by Gasteiger charge is -2.26. The Balaban J connectivity index is 2.87. The van der Waals surface area contributed by atoms with Crippen molar-refractivity contribution in [3.8, 4) is 0 Å². The minimum Gasteiger partial charge on any atom is -0.383 e. The first-order chi connectivity index (χ1) is 10.0. The molecule has 1 heterocycles. The van der Waals surface area contributed by atoms with Gasteiger partial charge in [-0.3, -0.25) is 4.79 Å². The molecule has 1 aromatic rings. The quantitative estimate of drug-likeness (QED) is 0.801. The molecule has 6 heteroatoms. The van der Waals surface area contributed by atoms with E-state index in [1.54, 1.807) is 24.3 Å².